The molecular weight excluding hydrogens is 374 g/mol. The predicted molar refractivity (Wildman–Crippen MR) is 102 cm³/mol. The smallest absolute Gasteiger partial charge is 0.0991 e. The van der Waals surface area contributed by atoms with Crippen molar-refractivity contribution < 1.29 is 0 Å². The van der Waals surface area contributed by atoms with Gasteiger partial charge in [-0.1, -0.05) is 46.3 Å². The highest BCUT2D eigenvalue weighted by Crippen LogP contribution is 2.34. The molecular formula is C21H18BrN3. The van der Waals surface area contributed by atoms with Gasteiger partial charge in [0.1, 0.15) is 0 Å². The Labute approximate surface area is 156 Å². The van der Waals surface area contributed by atoms with E-state index in [-0.39, 0.29) is 6.04 Å². The van der Waals surface area contributed by atoms with E-state index in [2.05, 4.69) is 80.1 Å². The van der Waals surface area contributed by atoms with Crippen molar-refractivity contribution in [2.45, 2.75) is 19.1 Å². The van der Waals surface area contributed by atoms with E-state index in [1.807, 2.05) is 18.2 Å². The summed E-state index contributed by atoms with van der Waals surface area (Å²) in [5.41, 5.74) is 4.48. The number of benzene rings is 2. The molecule has 25 heavy (non-hydrogen) atoms. The van der Waals surface area contributed by atoms with E-state index in [0.29, 0.717) is 5.56 Å². The molecule has 124 valence electrons. The summed E-state index contributed by atoms with van der Waals surface area (Å²) in [6, 6.07) is 23.3. The minimum absolute atomic E-state index is 0.225. The Morgan fingerprint density at radius 2 is 1.88 bits per heavy atom. The van der Waals surface area contributed by atoms with Gasteiger partial charge >= 0.3 is 0 Å². The third kappa shape index (κ3) is 3.13. The lowest BCUT2D eigenvalue weighted by Gasteiger charge is -2.37. The SMILES string of the molecule is N#Cc1ccc(Br)c(CN2CCn3cccc3C2c2ccccc2)c1. The minimum atomic E-state index is 0.225. The molecule has 3 nitrogen and oxygen atoms in total. The molecule has 4 heteroatoms. The number of hydrogen-bond acceptors (Lipinski definition) is 2. The number of nitriles is 1. The van der Waals surface area contributed by atoms with Gasteiger partial charge in [0.2, 0.25) is 0 Å². The first-order valence-corrected chi connectivity index (χ1v) is 9.18. The maximum atomic E-state index is 9.21. The van der Waals surface area contributed by atoms with Crippen LogP contribution >= 0.6 is 15.9 Å². The minimum Gasteiger partial charge on any atom is -0.348 e. The first-order chi connectivity index (χ1) is 12.3. The van der Waals surface area contributed by atoms with Crippen LogP contribution in [0, 0.1) is 11.3 Å². The molecule has 1 aliphatic heterocycles. The fourth-order valence-electron chi connectivity index (χ4n) is 3.60. The van der Waals surface area contributed by atoms with E-state index >= 15 is 0 Å². The number of aromatic nitrogens is 1. The summed E-state index contributed by atoms with van der Waals surface area (Å²) in [5, 5.41) is 9.21. The van der Waals surface area contributed by atoms with Crippen LogP contribution in [0.25, 0.3) is 0 Å². The normalized spacial score (nSPS) is 17.0. The summed E-state index contributed by atoms with van der Waals surface area (Å²) in [6.45, 7) is 2.77. The molecule has 1 aliphatic rings. The largest absolute Gasteiger partial charge is 0.348 e. The zero-order chi connectivity index (χ0) is 17.2. The summed E-state index contributed by atoms with van der Waals surface area (Å²) < 4.78 is 3.40. The van der Waals surface area contributed by atoms with Gasteiger partial charge in [-0.05, 0) is 41.5 Å². The lowest BCUT2D eigenvalue weighted by Crippen LogP contribution is -2.38. The molecule has 0 N–H and O–H groups in total. The van der Waals surface area contributed by atoms with Crippen LogP contribution < -0.4 is 0 Å². The Bertz CT molecular complexity index is 924. The van der Waals surface area contributed by atoms with E-state index in [9.17, 15) is 5.26 Å². The van der Waals surface area contributed by atoms with Crippen LogP contribution in [0.3, 0.4) is 0 Å². The first-order valence-electron chi connectivity index (χ1n) is 8.39. The zero-order valence-corrected chi connectivity index (χ0v) is 15.4. The molecule has 1 aromatic heterocycles. The zero-order valence-electron chi connectivity index (χ0n) is 13.8. The molecule has 3 aromatic rings. The van der Waals surface area contributed by atoms with E-state index in [1.54, 1.807) is 0 Å². The van der Waals surface area contributed by atoms with Crippen molar-refractivity contribution >= 4 is 15.9 Å². The van der Waals surface area contributed by atoms with Crippen LogP contribution in [0.15, 0.2) is 71.3 Å². The number of rotatable bonds is 3. The number of halogens is 1. The first kappa shape index (κ1) is 16.1. The third-order valence-electron chi connectivity index (χ3n) is 4.80. The Kier molecular flexibility index (Phi) is 4.44. The second-order valence-electron chi connectivity index (χ2n) is 6.33. The predicted octanol–water partition coefficient (Wildman–Crippen LogP) is 4.73. The fourth-order valence-corrected chi connectivity index (χ4v) is 3.98. The molecule has 2 aromatic carbocycles. The van der Waals surface area contributed by atoms with Gasteiger partial charge < -0.3 is 4.57 Å². The fraction of sp³-hybridized carbons (Fsp3) is 0.190. The van der Waals surface area contributed by atoms with Gasteiger partial charge in [-0.3, -0.25) is 4.90 Å². The van der Waals surface area contributed by atoms with Gasteiger partial charge in [-0.25, -0.2) is 0 Å². The lowest BCUT2D eigenvalue weighted by molar-refractivity contribution is 0.174. The van der Waals surface area contributed by atoms with E-state index < -0.39 is 0 Å². The van der Waals surface area contributed by atoms with E-state index in [0.717, 1.165) is 29.7 Å². The van der Waals surface area contributed by atoms with Crippen molar-refractivity contribution in [2.75, 3.05) is 6.54 Å². The second kappa shape index (κ2) is 6.87. The molecule has 0 amide bonds. The average molecular weight is 392 g/mol. The van der Waals surface area contributed by atoms with Crippen molar-refractivity contribution in [2.24, 2.45) is 0 Å². The average Bonchev–Trinajstić information content (AvgIpc) is 3.12. The van der Waals surface area contributed by atoms with E-state index in [4.69, 9.17) is 0 Å². The lowest BCUT2D eigenvalue weighted by atomic mass is 9.99. The van der Waals surface area contributed by atoms with Crippen LogP contribution in [0.5, 0.6) is 0 Å². The Balaban J connectivity index is 1.72. The highest BCUT2D eigenvalue weighted by atomic mass is 79.9. The molecule has 1 unspecified atom stereocenters. The van der Waals surface area contributed by atoms with Gasteiger partial charge in [0.25, 0.3) is 0 Å². The van der Waals surface area contributed by atoms with Gasteiger partial charge in [0.15, 0.2) is 0 Å². The topological polar surface area (TPSA) is 32.0 Å². The third-order valence-corrected chi connectivity index (χ3v) is 5.58. The molecule has 1 atom stereocenters. The van der Waals surface area contributed by atoms with Crippen molar-refractivity contribution in [3.05, 3.63) is 93.7 Å². The molecule has 2 heterocycles. The number of hydrogen-bond donors (Lipinski definition) is 0. The van der Waals surface area contributed by atoms with E-state index in [1.165, 1.54) is 11.3 Å². The summed E-state index contributed by atoms with van der Waals surface area (Å²) in [6.07, 6.45) is 2.16. The van der Waals surface area contributed by atoms with Gasteiger partial charge in [-0.2, -0.15) is 5.26 Å². The summed E-state index contributed by atoms with van der Waals surface area (Å²) in [7, 11) is 0. The molecule has 0 saturated carbocycles. The molecule has 4 rings (SSSR count). The van der Waals surface area contributed by atoms with Crippen LogP contribution in [0.4, 0.5) is 0 Å². The quantitative estimate of drug-likeness (QED) is 0.646. The Hall–Kier alpha value is -2.35. The maximum absolute atomic E-state index is 9.21. The van der Waals surface area contributed by atoms with Crippen LogP contribution in [0.1, 0.15) is 28.4 Å². The maximum Gasteiger partial charge on any atom is 0.0991 e. The molecule has 0 bridgehead atoms. The van der Waals surface area contributed by atoms with Crippen LogP contribution in [-0.2, 0) is 13.1 Å². The monoisotopic (exact) mass is 391 g/mol. The number of nitrogens with zero attached hydrogens (tertiary/aromatic N) is 3. The molecule has 0 fully saturated rings. The van der Waals surface area contributed by atoms with Crippen LogP contribution in [0.2, 0.25) is 0 Å². The Morgan fingerprint density at radius 1 is 1.04 bits per heavy atom. The Morgan fingerprint density at radius 3 is 2.68 bits per heavy atom. The number of fused-ring (bicyclic) bond motifs is 1. The van der Waals surface area contributed by atoms with Gasteiger partial charge in [-0.15, -0.1) is 0 Å². The molecule has 0 saturated heterocycles. The molecule has 0 aliphatic carbocycles. The summed E-state index contributed by atoms with van der Waals surface area (Å²) in [5.74, 6) is 0. The van der Waals surface area contributed by atoms with Crippen molar-refractivity contribution in [3.63, 3.8) is 0 Å². The molecule has 0 spiro atoms. The summed E-state index contributed by atoms with van der Waals surface area (Å²) >= 11 is 3.65. The highest BCUT2D eigenvalue weighted by Gasteiger charge is 2.29. The van der Waals surface area contributed by atoms with Crippen molar-refractivity contribution in [1.29, 1.82) is 5.26 Å². The summed E-state index contributed by atoms with van der Waals surface area (Å²) in [4.78, 5) is 2.49. The van der Waals surface area contributed by atoms with Crippen molar-refractivity contribution in [1.82, 2.24) is 9.47 Å². The standard InChI is InChI=1S/C21H18BrN3/c22-19-9-8-16(14-23)13-18(19)15-25-12-11-24-10-4-7-20(24)21(25)17-5-2-1-3-6-17/h1-10,13,21H,11-12,15H2. The van der Waals surface area contributed by atoms with Crippen molar-refractivity contribution in [3.8, 4) is 6.07 Å². The second-order valence-corrected chi connectivity index (χ2v) is 7.18. The van der Waals surface area contributed by atoms with Gasteiger partial charge in [0, 0.05) is 36.0 Å². The van der Waals surface area contributed by atoms with Crippen LogP contribution in [-0.4, -0.2) is 16.0 Å². The highest BCUT2D eigenvalue weighted by molar-refractivity contribution is 9.10. The van der Waals surface area contributed by atoms with Gasteiger partial charge in [0.05, 0.1) is 17.7 Å². The molecule has 0 radical (unpaired) electrons.